The SMILES string of the molecule is O=C(CCc1nc(-c2ccco2)no1)NC(c1ccccc1)C1CCCC1. The van der Waals surface area contributed by atoms with Gasteiger partial charge in [-0.25, -0.2) is 0 Å². The molecule has 1 aliphatic carbocycles. The molecule has 2 heterocycles. The lowest BCUT2D eigenvalue weighted by Gasteiger charge is -2.25. The van der Waals surface area contributed by atoms with E-state index in [1.165, 1.54) is 18.4 Å². The van der Waals surface area contributed by atoms with Gasteiger partial charge in [0.1, 0.15) is 0 Å². The Morgan fingerprint density at radius 1 is 1.15 bits per heavy atom. The van der Waals surface area contributed by atoms with Crippen molar-refractivity contribution in [1.82, 2.24) is 15.5 Å². The number of hydrogen-bond acceptors (Lipinski definition) is 5. The molecular formula is C21H23N3O3. The van der Waals surface area contributed by atoms with Crippen LogP contribution in [-0.2, 0) is 11.2 Å². The van der Waals surface area contributed by atoms with Crippen LogP contribution < -0.4 is 5.32 Å². The maximum absolute atomic E-state index is 12.6. The normalized spacial score (nSPS) is 15.7. The molecule has 0 bridgehead atoms. The molecule has 1 saturated carbocycles. The quantitative estimate of drug-likeness (QED) is 0.675. The van der Waals surface area contributed by atoms with Crippen molar-refractivity contribution in [2.24, 2.45) is 5.92 Å². The van der Waals surface area contributed by atoms with Crippen LogP contribution in [-0.4, -0.2) is 16.0 Å². The van der Waals surface area contributed by atoms with Gasteiger partial charge in [0, 0.05) is 12.8 Å². The highest BCUT2D eigenvalue weighted by Gasteiger charge is 2.27. The number of benzene rings is 1. The Labute approximate surface area is 158 Å². The summed E-state index contributed by atoms with van der Waals surface area (Å²) in [6.45, 7) is 0. The lowest BCUT2D eigenvalue weighted by atomic mass is 9.91. The molecule has 6 heteroatoms. The summed E-state index contributed by atoms with van der Waals surface area (Å²) in [4.78, 5) is 16.9. The van der Waals surface area contributed by atoms with E-state index in [1.807, 2.05) is 18.2 Å². The number of rotatable bonds is 7. The van der Waals surface area contributed by atoms with Crippen molar-refractivity contribution in [2.45, 2.75) is 44.6 Å². The molecule has 1 N–H and O–H groups in total. The van der Waals surface area contributed by atoms with Crippen LogP contribution in [0.4, 0.5) is 0 Å². The van der Waals surface area contributed by atoms with Crippen molar-refractivity contribution >= 4 is 5.91 Å². The van der Waals surface area contributed by atoms with Gasteiger partial charge in [0.05, 0.1) is 12.3 Å². The van der Waals surface area contributed by atoms with Gasteiger partial charge in [-0.15, -0.1) is 0 Å². The van der Waals surface area contributed by atoms with Crippen LogP contribution >= 0.6 is 0 Å². The second-order valence-corrected chi connectivity index (χ2v) is 6.99. The zero-order valence-corrected chi connectivity index (χ0v) is 15.1. The first-order valence-corrected chi connectivity index (χ1v) is 9.50. The van der Waals surface area contributed by atoms with Gasteiger partial charge in [-0.1, -0.05) is 48.3 Å². The minimum Gasteiger partial charge on any atom is -0.461 e. The zero-order valence-electron chi connectivity index (χ0n) is 15.1. The third kappa shape index (κ3) is 4.27. The van der Waals surface area contributed by atoms with Gasteiger partial charge in [-0.05, 0) is 36.5 Å². The summed E-state index contributed by atoms with van der Waals surface area (Å²) in [5.74, 6) is 1.91. The smallest absolute Gasteiger partial charge is 0.238 e. The van der Waals surface area contributed by atoms with Crippen LogP contribution in [0, 0.1) is 5.92 Å². The highest BCUT2D eigenvalue weighted by Crippen LogP contribution is 2.35. The van der Waals surface area contributed by atoms with E-state index < -0.39 is 0 Å². The number of aryl methyl sites for hydroxylation is 1. The third-order valence-corrected chi connectivity index (χ3v) is 5.12. The predicted molar refractivity (Wildman–Crippen MR) is 99.6 cm³/mol. The van der Waals surface area contributed by atoms with Crippen molar-refractivity contribution in [2.75, 3.05) is 0 Å². The number of carbonyl (C=O) groups is 1. The lowest BCUT2D eigenvalue weighted by molar-refractivity contribution is -0.122. The molecule has 140 valence electrons. The second kappa shape index (κ2) is 8.20. The molecule has 1 fully saturated rings. The third-order valence-electron chi connectivity index (χ3n) is 5.12. The summed E-state index contributed by atoms with van der Waals surface area (Å²) in [5, 5.41) is 7.13. The van der Waals surface area contributed by atoms with Crippen LogP contribution in [0.15, 0.2) is 57.7 Å². The Hall–Kier alpha value is -2.89. The average Bonchev–Trinajstić information content (AvgIpc) is 3.47. The zero-order chi connectivity index (χ0) is 18.5. The molecule has 3 aromatic rings. The van der Waals surface area contributed by atoms with E-state index in [1.54, 1.807) is 18.4 Å². The maximum atomic E-state index is 12.6. The maximum Gasteiger partial charge on any atom is 0.238 e. The monoisotopic (exact) mass is 365 g/mol. The number of nitrogens with zero attached hydrogens (tertiary/aromatic N) is 2. The number of furan rings is 1. The molecule has 0 radical (unpaired) electrons. The first-order valence-electron chi connectivity index (χ1n) is 9.50. The average molecular weight is 365 g/mol. The first kappa shape index (κ1) is 17.5. The van der Waals surface area contributed by atoms with Crippen LogP contribution in [0.3, 0.4) is 0 Å². The fraction of sp³-hybridized carbons (Fsp3) is 0.381. The van der Waals surface area contributed by atoms with Gasteiger partial charge in [-0.3, -0.25) is 4.79 Å². The Balaban J connectivity index is 1.37. The van der Waals surface area contributed by atoms with E-state index in [0.29, 0.717) is 36.2 Å². The Kier molecular flexibility index (Phi) is 5.32. The summed E-state index contributed by atoms with van der Waals surface area (Å²) in [5.41, 5.74) is 1.18. The van der Waals surface area contributed by atoms with Crippen molar-refractivity contribution in [1.29, 1.82) is 0 Å². The molecule has 1 aromatic carbocycles. The molecule has 2 aromatic heterocycles. The first-order chi connectivity index (χ1) is 13.3. The van der Waals surface area contributed by atoms with Crippen molar-refractivity contribution in [3.05, 3.63) is 60.2 Å². The fourth-order valence-electron chi connectivity index (χ4n) is 3.75. The second-order valence-electron chi connectivity index (χ2n) is 6.99. The molecule has 1 amide bonds. The standard InChI is InChI=1S/C21H23N3O3/c25-18(12-13-19-23-21(24-27-19)17-11-6-14-26-17)22-20(16-9-4-5-10-16)15-7-2-1-3-8-15/h1-3,6-8,11,14,16,20H,4-5,9-10,12-13H2,(H,22,25). The van der Waals surface area contributed by atoms with Gasteiger partial charge in [0.15, 0.2) is 5.76 Å². The molecule has 1 atom stereocenters. The molecule has 4 rings (SSSR count). The van der Waals surface area contributed by atoms with Gasteiger partial charge in [0.25, 0.3) is 0 Å². The van der Waals surface area contributed by atoms with Crippen molar-refractivity contribution in [3.8, 4) is 11.6 Å². The Morgan fingerprint density at radius 3 is 2.70 bits per heavy atom. The summed E-state index contributed by atoms with van der Waals surface area (Å²) >= 11 is 0. The summed E-state index contributed by atoms with van der Waals surface area (Å²) in [6.07, 6.45) is 7.09. The van der Waals surface area contributed by atoms with Gasteiger partial charge in [-0.2, -0.15) is 4.98 Å². The Bertz CT molecular complexity index is 852. The predicted octanol–water partition coefficient (Wildman–Crippen LogP) is 4.31. The summed E-state index contributed by atoms with van der Waals surface area (Å²) < 4.78 is 10.5. The minimum atomic E-state index is 0.00787. The van der Waals surface area contributed by atoms with Crippen molar-refractivity contribution in [3.63, 3.8) is 0 Å². The highest BCUT2D eigenvalue weighted by atomic mass is 16.5. The van der Waals surface area contributed by atoms with E-state index in [-0.39, 0.29) is 11.9 Å². The van der Waals surface area contributed by atoms with Gasteiger partial charge < -0.3 is 14.3 Å². The molecular weight excluding hydrogens is 342 g/mol. The van der Waals surface area contributed by atoms with E-state index in [9.17, 15) is 4.79 Å². The topological polar surface area (TPSA) is 81.2 Å². The molecule has 6 nitrogen and oxygen atoms in total. The summed E-state index contributed by atoms with van der Waals surface area (Å²) in [6, 6.07) is 13.9. The highest BCUT2D eigenvalue weighted by molar-refractivity contribution is 5.76. The van der Waals surface area contributed by atoms with E-state index >= 15 is 0 Å². The summed E-state index contributed by atoms with van der Waals surface area (Å²) in [7, 11) is 0. The van der Waals surface area contributed by atoms with Crippen LogP contribution in [0.1, 0.15) is 49.6 Å². The molecule has 1 unspecified atom stereocenters. The van der Waals surface area contributed by atoms with Crippen LogP contribution in [0.2, 0.25) is 0 Å². The van der Waals surface area contributed by atoms with Crippen LogP contribution in [0.25, 0.3) is 11.6 Å². The lowest BCUT2D eigenvalue weighted by Crippen LogP contribution is -2.32. The minimum absolute atomic E-state index is 0.00787. The van der Waals surface area contributed by atoms with Gasteiger partial charge >= 0.3 is 0 Å². The number of aromatic nitrogens is 2. The molecule has 27 heavy (non-hydrogen) atoms. The van der Waals surface area contributed by atoms with Crippen molar-refractivity contribution < 1.29 is 13.7 Å². The van der Waals surface area contributed by atoms with E-state index in [2.05, 4.69) is 27.6 Å². The van der Waals surface area contributed by atoms with Crippen LogP contribution in [0.5, 0.6) is 0 Å². The van der Waals surface area contributed by atoms with E-state index in [4.69, 9.17) is 8.94 Å². The molecule has 0 aliphatic heterocycles. The van der Waals surface area contributed by atoms with E-state index in [0.717, 1.165) is 12.8 Å². The number of nitrogens with one attached hydrogen (secondary N) is 1. The number of carbonyl (C=O) groups excluding carboxylic acids is 1. The largest absolute Gasteiger partial charge is 0.461 e. The molecule has 1 aliphatic rings. The number of hydrogen-bond donors (Lipinski definition) is 1. The molecule has 0 saturated heterocycles. The van der Waals surface area contributed by atoms with Gasteiger partial charge in [0.2, 0.25) is 17.6 Å². The Morgan fingerprint density at radius 2 is 1.96 bits per heavy atom. The molecule has 0 spiro atoms. The fourth-order valence-corrected chi connectivity index (χ4v) is 3.75. The number of amides is 1.